The van der Waals surface area contributed by atoms with E-state index in [1.54, 1.807) is 48.8 Å². The van der Waals surface area contributed by atoms with Gasteiger partial charge in [0, 0.05) is 16.5 Å². The third kappa shape index (κ3) is 4.07. The number of carbonyl (C=O) groups excluding carboxylic acids is 1. The van der Waals surface area contributed by atoms with Crippen LogP contribution in [0.15, 0.2) is 79.4 Å². The first-order chi connectivity index (χ1) is 17.0. The van der Waals surface area contributed by atoms with E-state index in [1.807, 2.05) is 29.6 Å². The molecule has 1 atom stereocenters. The maximum atomic E-state index is 13.6. The lowest BCUT2D eigenvalue weighted by molar-refractivity contribution is -0.139. The van der Waals surface area contributed by atoms with Gasteiger partial charge in [-0.2, -0.15) is 5.26 Å². The molecule has 1 unspecified atom stereocenters. The molecular formula is C26H19N3O4S2. The maximum absolute atomic E-state index is 13.6. The fraction of sp³-hybridized carbons (Fsp3) is 0.154. The molecule has 0 radical (unpaired) electrons. The SMILES string of the molecule is CCOC(=O)C1=C(C)N=c2s/c(=C/c3ccc(-c4ccccc4C#N)o3)c(=O)n2C1c1cccs1. The molecule has 0 aliphatic carbocycles. The van der Waals surface area contributed by atoms with Crippen molar-refractivity contribution in [3.8, 4) is 17.4 Å². The van der Waals surface area contributed by atoms with Crippen molar-refractivity contribution in [2.75, 3.05) is 6.61 Å². The van der Waals surface area contributed by atoms with Gasteiger partial charge in [-0.1, -0.05) is 29.5 Å². The van der Waals surface area contributed by atoms with E-state index >= 15 is 0 Å². The summed E-state index contributed by atoms with van der Waals surface area (Å²) in [6.45, 7) is 3.73. The molecule has 0 fully saturated rings. The molecule has 0 spiro atoms. The van der Waals surface area contributed by atoms with E-state index in [0.29, 0.717) is 43.3 Å². The molecule has 4 heterocycles. The summed E-state index contributed by atoms with van der Waals surface area (Å²) in [6, 6.07) is 16.0. The van der Waals surface area contributed by atoms with Crippen LogP contribution in [-0.2, 0) is 9.53 Å². The number of allylic oxidation sites excluding steroid dienone is 1. The lowest BCUT2D eigenvalue weighted by Gasteiger charge is -2.23. The number of thiophene rings is 1. The average molecular weight is 502 g/mol. The van der Waals surface area contributed by atoms with Crippen LogP contribution in [0.25, 0.3) is 17.4 Å². The Morgan fingerprint density at radius 1 is 1.26 bits per heavy atom. The molecule has 0 amide bonds. The molecule has 4 aromatic rings. The highest BCUT2D eigenvalue weighted by Gasteiger charge is 2.33. The van der Waals surface area contributed by atoms with Gasteiger partial charge >= 0.3 is 5.97 Å². The number of hydrogen-bond acceptors (Lipinski definition) is 8. The number of furan rings is 1. The van der Waals surface area contributed by atoms with Gasteiger partial charge < -0.3 is 9.15 Å². The topological polar surface area (TPSA) is 97.6 Å². The van der Waals surface area contributed by atoms with Crippen LogP contribution >= 0.6 is 22.7 Å². The van der Waals surface area contributed by atoms with Crippen LogP contribution in [0.1, 0.15) is 36.1 Å². The van der Waals surface area contributed by atoms with Gasteiger partial charge in [0.2, 0.25) is 0 Å². The van der Waals surface area contributed by atoms with Crippen molar-refractivity contribution >= 4 is 34.7 Å². The van der Waals surface area contributed by atoms with E-state index < -0.39 is 12.0 Å². The first-order valence-corrected chi connectivity index (χ1v) is 12.5. The second-order valence-electron chi connectivity index (χ2n) is 7.68. The lowest BCUT2D eigenvalue weighted by Crippen LogP contribution is -2.39. The minimum absolute atomic E-state index is 0.229. The molecule has 9 heteroatoms. The molecule has 1 aromatic carbocycles. The van der Waals surface area contributed by atoms with Gasteiger partial charge in [-0.25, -0.2) is 9.79 Å². The lowest BCUT2D eigenvalue weighted by atomic mass is 10.0. The highest BCUT2D eigenvalue weighted by molar-refractivity contribution is 7.10. The van der Waals surface area contributed by atoms with Gasteiger partial charge in [0.15, 0.2) is 4.80 Å². The van der Waals surface area contributed by atoms with E-state index in [-0.39, 0.29) is 12.2 Å². The first-order valence-electron chi connectivity index (χ1n) is 10.8. The molecular weight excluding hydrogens is 482 g/mol. The normalized spacial score (nSPS) is 15.5. The van der Waals surface area contributed by atoms with Crippen molar-refractivity contribution in [3.05, 3.63) is 101 Å². The largest absolute Gasteiger partial charge is 0.463 e. The summed E-state index contributed by atoms with van der Waals surface area (Å²) < 4.78 is 13.2. The number of aromatic nitrogens is 1. The standard InChI is InChI=1S/C26H19N3O4S2/c1-3-32-25(31)22-15(2)28-26-29(23(22)20-9-6-12-34-20)24(30)21(35-26)13-17-10-11-19(33-17)18-8-5-4-7-16(18)14-27/h4-13,23H,3H2,1-2H3/b21-13+. The average Bonchev–Trinajstić information content (AvgIpc) is 3.60. The summed E-state index contributed by atoms with van der Waals surface area (Å²) in [5, 5.41) is 11.3. The summed E-state index contributed by atoms with van der Waals surface area (Å²) in [7, 11) is 0. The molecule has 0 saturated heterocycles. The van der Waals surface area contributed by atoms with Crippen LogP contribution in [0, 0.1) is 11.3 Å². The summed E-state index contributed by atoms with van der Waals surface area (Å²) in [6.07, 6.45) is 1.66. The van der Waals surface area contributed by atoms with E-state index in [4.69, 9.17) is 9.15 Å². The number of rotatable bonds is 5. The zero-order valence-electron chi connectivity index (χ0n) is 18.8. The van der Waals surface area contributed by atoms with Crippen LogP contribution in [0.5, 0.6) is 0 Å². The van der Waals surface area contributed by atoms with Crippen molar-refractivity contribution in [1.29, 1.82) is 5.26 Å². The fourth-order valence-electron chi connectivity index (χ4n) is 4.01. The fourth-order valence-corrected chi connectivity index (χ4v) is 5.86. The Hall–Kier alpha value is -4.00. The van der Waals surface area contributed by atoms with Crippen LogP contribution in [0.2, 0.25) is 0 Å². The molecule has 0 saturated carbocycles. The molecule has 5 rings (SSSR count). The number of nitrogens with zero attached hydrogens (tertiary/aromatic N) is 3. The summed E-state index contributed by atoms with van der Waals surface area (Å²) in [5.74, 6) is 0.540. The number of esters is 1. The van der Waals surface area contributed by atoms with Gasteiger partial charge in [-0.3, -0.25) is 9.36 Å². The second kappa shape index (κ2) is 9.33. The minimum atomic E-state index is -0.609. The first kappa shape index (κ1) is 22.8. The number of nitriles is 1. The van der Waals surface area contributed by atoms with Crippen molar-refractivity contribution in [1.82, 2.24) is 4.57 Å². The van der Waals surface area contributed by atoms with Gasteiger partial charge in [0.05, 0.1) is 34.0 Å². The van der Waals surface area contributed by atoms with E-state index in [1.165, 1.54) is 22.7 Å². The highest BCUT2D eigenvalue weighted by atomic mass is 32.1. The minimum Gasteiger partial charge on any atom is -0.463 e. The van der Waals surface area contributed by atoms with E-state index in [2.05, 4.69) is 11.1 Å². The van der Waals surface area contributed by atoms with Crippen LogP contribution in [0.4, 0.5) is 0 Å². The van der Waals surface area contributed by atoms with Crippen molar-refractivity contribution in [3.63, 3.8) is 0 Å². The third-order valence-corrected chi connectivity index (χ3v) is 7.45. The van der Waals surface area contributed by atoms with Gasteiger partial charge in [-0.05, 0) is 49.6 Å². The number of fused-ring (bicyclic) bond motifs is 1. The summed E-state index contributed by atoms with van der Waals surface area (Å²) >= 11 is 2.70. The predicted octanol–water partition coefficient (Wildman–Crippen LogP) is 3.99. The monoisotopic (exact) mass is 501 g/mol. The van der Waals surface area contributed by atoms with E-state index in [9.17, 15) is 14.9 Å². The smallest absolute Gasteiger partial charge is 0.338 e. The highest BCUT2D eigenvalue weighted by Crippen LogP contribution is 2.33. The van der Waals surface area contributed by atoms with Gasteiger partial charge in [-0.15, -0.1) is 11.3 Å². The number of thiazole rings is 1. The number of ether oxygens (including phenoxy) is 1. The van der Waals surface area contributed by atoms with Gasteiger partial charge in [0.1, 0.15) is 17.6 Å². The van der Waals surface area contributed by atoms with Crippen molar-refractivity contribution in [2.24, 2.45) is 4.99 Å². The Morgan fingerprint density at radius 2 is 2.09 bits per heavy atom. The molecule has 0 bridgehead atoms. The number of carbonyl (C=O) groups is 1. The van der Waals surface area contributed by atoms with Crippen LogP contribution < -0.4 is 14.9 Å². The predicted molar refractivity (Wildman–Crippen MR) is 134 cm³/mol. The Labute approximate surface area is 208 Å². The third-order valence-electron chi connectivity index (χ3n) is 5.54. The number of hydrogen-bond donors (Lipinski definition) is 0. The number of benzene rings is 1. The quantitative estimate of drug-likeness (QED) is 0.385. The van der Waals surface area contributed by atoms with Gasteiger partial charge in [0.25, 0.3) is 5.56 Å². The summed E-state index contributed by atoms with van der Waals surface area (Å²) in [4.78, 5) is 32.3. The molecule has 0 N–H and O–H groups in total. The maximum Gasteiger partial charge on any atom is 0.338 e. The molecule has 35 heavy (non-hydrogen) atoms. The molecule has 1 aliphatic rings. The zero-order chi connectivity index (χ0) is 24.5. The van der Waals surface area contributed by atoms with Crippen LogP contribution in [-0.4, -0.2) is 17.1 Å². The molecule has 3 aromatic heterocycles. The molecule has 174 valence electrons. The Kier molecular flexibility index (Phi) is 6.07. The van der Waals surface area contributed by atoms with Crippen molar-refractivity contribution in [2.45, 2.75) is 19.9 Å². The Bertz CT molecular complexity index is 1680. The Morgan fingerprint density at radius 3 is 2.83 bits per heavy atom. The second-order valence-corrected chi connectivity index (χ2v) is 9.67. The molecule has 7 nitrogen and oxygen atoms in total. The van der Waals surface area contributed by atoms with Crippen LogP contribution in [0.3, 0.4) is 0 Å². The summed E-state index contributed by atoms with van der Waals surface area (Å²) in [5.41, 5.74) is 1.82. The zero-order valence-corrected chi connectivity index (χ0v) is 20.5. The molecule has 1 aliphatic heterocycles. The van der Waals surface area contributed by atoms with Crippen molar-refractivity contribution < 1.29 is 13.9 Å². The van der Waals surface area contributed by atoms with E-state index in [0.717, 1.165) is 4.88 Å². The Balaban J connectivity index is 1.63.